The lowest BCUT2D eigenvalue weighted by Crippen LogP contribution is -2.59. The van der Waals surface area contributed by atoms with Crippen LogP contribution in [0.2, 0.25) is 0 Å². The molecule has 0 aromatic heterocycles. The van der Waals surface area contributed by atoms with Crippen LogP contribution in [0.1, 0.15) is 31.4 Å². The number of nitrogens with one attached hydrogen (secondary N) is 3. The highest BCUT2D eigenvalue weighted by Gasteiger charge is 2.34. The molecule has 0 fully saturated rings. The topological polar surface area (TPSA) is 207 Å². The normalized spacial score (nSPS) is 20.9. The van der Waals surface area contributed by atoms with Crippen molar-refractivity contribution in [1.82, 2.24) is 20.9 Å². The van der Waals surface area contributed by atoms with Crippen LogP contribution in [-0.4, -0.2) is 66.8 Å². The first kappa shape index (κ1) is 36.1. The third-order valence-corrected chi connectivity index (χ3v) is 9.13. The molecule has 0 spiro atoms. The molecule has 2 aromatic rings. The number of nitrogens with zero attached hydrogens (tertiary/aromatic N) is 2. The average Bonchev–Trinajstić information content (AvgIpc) is 3.04. The number of nitrogens with two attached hydrogens (primary N) is 4. The summed E-state index contributed by atoms with van der Waals surface area (Å²) in [4.78, 5) is 48.8. The van der Waals surface area contributed by atoms with Crippen LogP contribution < -0.4 is 38.9 Å². The molecule has 11 N–H and O–H groups in total. The van der Waals surface area contributed by atoms with E-state index in [1.54, 1.807) is 24.9 Å². The van der Waals surface area contributed by atoms with Crippen molar-refractivity contribution in [3.8, 4) is 0 Å². The molecule has 0 bridgehead atoms. The van der Waals surface area contributed by atoms with Crippen molar-refractivity contribution in [2.75, 3.05) is 20.1 Å². The van der Waals surface area contributed by atoms with Crippen LogP contribution in [0.15, 0.2) is 87.7 Å². The second kappa shape index (κ2) is 17.4. The van der Waals surface area contributed by atoms with Gasteiger partial charge >= 0.3 is 0 Å². The van der Waals surface area contributed by atoms with E-state index in [0.29, 0.717) is 12.2 Å². The molecular formula is C33H47N9O3S. The van der Waals surface area contributed by atoms with Gasteiger partial charge in [-0.3, -0.25) is 19.4 Å². The lowest BCUT2D eigenvalue weighted by Gasteiger charge is -2.33. The van der Waals surface area contributed by atoms with E-state index in [-0.39, 0.29) is 49.8 Å². The van der Waals surface area contributed by atoms with Crippen molar-refractivity contribution >= 4 is 35.4 Å². The SMILES string of the molecule is C=C/C(N)=C/C(C[C@H]1C(=O)NCc2ccccc2Sc2ccccc2CN[C@@H](CN=C(N)N)C(=O)N[C@@H](CN)C(=O)N1C)C(C)C. The number of benzene rings is 2. The molecule has 3 rings (SSSR count). The number of hydrogen-bond donors (Lipinski definition) is 7. The van der Waals surface area contributed by atoms with Crippen LogP contribution in [0, 0.1) is 11.8 Å². The second-order valence-electron chi connectivity index (χ2n) is 11.5. The molecule has 248 valence electrons. The Morgan fingerprint density at radius 1 is 1.00 bits per heavy atom. The maximum atomic E-state index is 13.9. The van der Waals surface area contributed by atoms with Gasteiger partial charge in [0.05, 0.1) is 6.54 Å². The highest BCUT2D eigenvalue weighted by Crippen LogP contribution is 2.33. The fourth-order valence-corrected chi connectivity index (χ4v) is 6.10. The number of fused-ring (bicyclic) bond motifs is 2. The maximum absolute atomic E-state index is 13.9. The Kier molecular flexibility index (Phi) is 13.7. The first-order chi connectivity index (χ1) is 21.9. The van der Waals surface area contributed by atoms with Gasteiger partial charge in [0, 0.05) is 42.2 Å². The highest BCUT2D eigenvalue weighted by atomic mass is 32.2. The zero-order chi connectivity index (χ0) is 33.8. The van der Waals surface area contributed by atoms with Gasteiger partial charge in [0.25, 0.3) is 0 Å². The molecule has 1 heterocycles. The van der Waals surface area contributed by atoms with E-state index in [1.807, 2.05) is 68.5 Å². The molecule has 0 radical (unpaired) electrons. The third kappa shape index (κ3) is 10.1. The van der Waals surface area contributed by atoms with Gasteiger partial charge in [-0.25, -0.2) is 0 Å². The van der Waals surface area contributed by atoms with Gasteiger partial charge in [-0.2, -0.15) is 0 Å². The summed E-state index contributed by atoms with van der Waals surface area (Å²) in [7, 11) is 1.54. The van der Waals surface area contributed by atoms with Crippen LogP contribution in [0.5, 0.6) is 0 Å². The lowest BCUT2D eigenvalue weighted by molar-refractivity contribution is -0.142. The van der Waals surface area contributed by atoms with Crippen molar-refractivity contribution < 1.29 is 14.4 Å². The second-order valence-corrected chi connectivity index (χ2v) is 12.6. The third-order valence-electron chi connectivity index (χ3n) is 7.89. The molecule has 1 aliphatic rings. The summed E-state index contributed by atoms with van der Waals surface area (Å²) < 4.78 is 0. The Morgan fingerprint density at radius 2 is 1.61 bits per heavy atom. The van der Waals surface area contributed by atoms with E-state index < -0.39 is 29.9 Å². The van der Waals surface area contributed by atoms with Gasteiger partial charge in [-0.15, -0.1) is 0 Å². The number of hydrogen-bond acceptors (Lipinski definition) is 8. The minimum atomic E-state index is -1.11. The number of aliphatic imine (C=N–C) groups is 1. The first-order valence-corrected chi connectivity index (χ1v) is 16.0. The molecule has 1 unspecified atom stereocenters. The molecule has 1 aliphatic heterocycles. The molecule has 0 saturated heterocycles. The standard InChI is InChI=1S/C33H47N9O3S/c1-5-24(35)14-23(20(2)3)15-27-31(44)39-18-22-11-7-9-13-29(22)46-28-12-8-6-10-21(28)17-38-26(19-40-33(36)37)30(43)41-25(16-34)32(45)42(27)4/h5-14,20,23,25-27,38H,1,15-19,34-35H2,2-4H3,(H,39,44)(H,41,43)(H4,36,37,40)/b24-14-/t23?,25-,26-,27-/m0/s1. The van der Waals surface area contributed by atoms with E-state index in [0.717, 1.165) is 20.9 Å². The van der Waals surface area contributed by atoms with Crippen molar-refractivity contribution in [2.24, 2.45) is 39.8 Å². The molecule has 3 amide bonds. The number of carbonyl (C=O) groups is 3. The summed E-state index contributed by atoms with van der Waals surface area (Å²) in [5.41, 5.74) is 25.6. The van der Waals surface area contributed by atoms with Crippen LogP contribution in [0.3, 0.4) is 0 Å². The summed E-state index contributed by atoms with van der Waals surface area (Å²) >= 11 is 1.56. The number of amides is 3. The summed E-state index contributed by atoms with van der Waals surface area (Å²) in [6.07, 6.45) is 3.69. The Morgan fingerprint density at radius 3 is 2.17 bits per heavy atom. The average molecular weight is 650 g/mol. The summed E-state index contributed by atoms with van der Waals surface area (Å²) in [6, 6.07) is 12.8. The number of allylic oxidation sites excluding steroid dienone is 2. The molecule has 46 heavy (non-hydrogen) atoms. The Labute approximate surface area is 275 Å². The Balaban J connectivity index is 2.09. The largest absolute Gasteiger partial charge is 0.399 e. The van der Waals surface area contributed by atoms with Gasteiger partial charge in [0.1, 0.15) is 18.1 Å². The lowest BCUT2D eigenvalue weighted by atomic mass is 9.87. The maximum Gasteiger partial charge on any atom is 0.246 e. The smallest absolute Gasteiger partial charge is 0.246 e. The van der Waals surface area contributed by atoms with Crippen LogP contribution in [-0.2, 0) is 27.5 Å². The quantitative estimate of drug-likeness (QED) is 0.124. The van der Waals surface area contributed by atoms with Crippen LogP contribution in [0.25, 0.3) is 0 Å². The summed E-state index contributed by atoms with van der Waals surface area (Å²) in [6.45, 7) is 8.09. The minimum Gasteiger partial charge on any atom is -0.399 e. The highest BCUT2D eigenvalue weighted by molar-refractivity contribution is 7.99. The number of carbonyl (C=O) groups excluding carboxylic acids is 3. The van der Waals surface area contributed by atoms with Gasteiger partial charge < -0.3 is 43.8 Å². The monoisotopic (exact) mass is 649 g/mol. The molecule has 2 aromatic carbocycles. The van der Waals surface area contributed by atoms with Gasteiger partial charge in [0.15, 0.2) is 5.96 Å². The Hall–Kier alpha value is -4.33. The Bertz CT molecular complexity index is 1440. The molecule has 0 aliphatic carbocycles. The van der Waals surface area contributed by atoms with Gasteiger partial charge in [-0.1, -0.05) is 74.7 Å². The van der Waals surface area contributed by atoms with Gasteiger partial charge in [-0.05, 0) is 47.6 Å². The predicted molar refractivity (Wildman–Crippen MR) is 183 cm³/mol. The fraction of sp³-hybridized carbons (Fsp3) is 0.394. The van der Waals surface area contributed by atoms with Crippen LogP contribution in [0.4, 0.5) is 0 Å². The molecule has 4 atom stereocenters. The minimum absolute atomic E-state index is 0.0637. The molecule has 12 nitrogen and oxygen atoms in total. The summed E-state index contributed by atoms with van der Waals surface area (Å²) in [5, 5.41) is 9.06. The van der Waals surface area contributed by atoms with Crippen molar-refractivity contribution in [3.63, 3.8) is 0 Å². The predicted octanol–water partition coefficient (Wildman–Crippen LogP) is 1.16. The van der Waals surface area contributed by atoms with Crippen molar-refractivity contribution in [3.05, 3.63) is 84.1 Å². The van der Waals surface area contributed by atoms with Crippen molar-refractivity contribution in [1.29, 1.82) is 0 Å². The number of likely N-dealkylation sites (N-methyl/N-ethyl adjacent to an activating group) is 1. The van der Waals surface area contributed by atoms with Gasteiger partial charge in [0.2, 0.25) is 17.7 Å². The first-order valence-electron chi connectivity index (χ1n) is 15.2. The zero-order valence-electron chi connectivity index (χ0n) is 26.7. The van der Waals surface area contributed by atoms with E-state index in [4.69, 9.17) is 22.9 Å². The molecule has 13 heteroatoms. The van der Waals surface area contributed by atoms with E-state index in [9.17, 15) is 14.4 Å². The number of rotatable bonds is 8. The van der Waals surface area contributed by atoms with E-state index in [2.05, 4.69) is 27.5 Å². The zero-order valence-corrected chi connectivity index (χ0v) is 27.6. The summed E-state index contributed by atoms with van der Waals surface area (Å²) in [5.74, 6) is -1.59. The van der Waals surface area contributed by atoms with Crippen LogP contribution >= 0.6 is 11.8 Å². The fourth-order valence-electron chi connectivity index (χ4n) is 5.03. The van der Waals surface area contributed by atoms with E-state index >= 15 is 0 Å². The van der Waals surface area contributed by atoms with E-state index in [1.165, 1.54) is 4.90 Å². The number of guanidine groups is 1. The molecular weight excluding hydrogens is 602 g/mol. The van der Waals surface area contributed by atoms with Crippen molar-refractivity contribution in [2.45, 2.75) is 61.3 Å². The molecule has 0 saturated carbocycles.